The molecular formula is C16H33NO3. The average molecular weight is 287 g/mol. The summed E-state index contributed by atoms with van der Waals surface area (Å²) in [5, 5.41) is 13.0. The number of aliphatic hydroxyl groups excluding tert-OH is 1. The van der Waals surface area contributed by atoms with Gasteiger partial charge >= 0.3 is 0 Å². The van der Waals surface area contributed by atoms with Gasteiger partial charge in [-0.1, -0.05) is 0 Å². The van der Waals surface area contributed by atoms with Crippen molar-refractivity contribution in [2.45, 2.75) is 77.0 Å². The highest BCUT2D eigenvalue weighted by atomic mass is 16.5. The zero-order valence-corrected chi connectivity index (χ0v) is 13.7. The summed E-state index contributed by atoms with van der Waals surface area (Å²) in [6, 6.07) is 0.637. The minimum absolute atomic E-state index is 0.0826. The molecule has 4 nitrogen and oxygen atoms in total. The maximum atomic E-state index is 9.50. The maximum Gasteiger partial charge on any atom is 0.0707 e. The summed E-state index contributed by atoms with van der Waals surface area (Å²) in [6.45, 7) is 10.6. The molecule has 0 aromatic carbocycles. The van der Waals surface area contributed by atoms with Crippen molar-refractivity contribution in [3.63, 3.8) is 0 Å². The molecule has 0 bridgehead atoms. The molecule has 1 fully saturated rings. The summed E-state index contributed by atoms with van der Waals surface area (Å²) in [7, 11) is 0. The largest absolute Gasteiger partial charge is 0.394 e. The molecule has 0 heterocycles. The van der Waals surface area contributed by atoms with E-state index in [0.29, 0.717) is 19.3 Å². The zero-order chi connectivity index (χ0) is 15.1. The van der Waals surface area contributed by atoms with E-state index in [9.17, 15) is 5.11 Å². The molecule has 0 spiro atoms. The molecule has 1 rings (SSSR count). The molecule has 0 radical (unpaired) electrons. The van der Waals surface area contributed by atoms with Crippen molar-refractivity contribution >= 4 is 0 Å². The average Bonchev–Trinajstić information content (AvgIpc) is 3.15. The number of hydrogen-bond acceptors (Lipinski definition) is 4. The van der Waals surface area contributed by atoms with Crippen molar-refractivity contribution < 1.29 is 14.6 Å². The van der Waals surface area contributed by atoms with E-state index in [2.05, 4.69) is 33.0 Å². The Labute approximate surface area is 124 Å². The van der Waals surface area contributed by atoms with Crippen LogP contribution in [0.3, 0.4) is 0 Å². The van der Waals surface area contributed by atoms with Gasteiger partial charge in [0.25, 0.3) is 0 Å². The molecule has 1 aliphatic carbocycles. The van der Waals surface area contributed by atoms with Gasteiger partial charge in [-0.25, -0.2) is 0 Å². The van der Waals surface area contributed by atoms with Crippen LogP contribution in [0.2, 0.25) is 0 Å². The predicted octanol–water partition coefficient (Wildman–Crippen LogP) is 2.49. The highest BCUT2D eigenvalue weighted by Crippen LogP contribution is 2.24. The van der Waals surface area contributed by atoms with E-state index in [1.165, 1.54) is 12.8 Å². The van der Waals surface area contributed by atoms with Gasteiger partial charge in [-0.2, -0.15) is 0 Å². The molecule has 2 N–H and O–H groups in total. The lowest BCUT2D eigenvalue weighted by Crippen LogP contribution is -2.46. The van der Waals surface area contributed by atoms with Crippen molar-refractivity contribution in [3.05, 3.63) is 0 Å². The minimum Gasteiger partial charge on any atom is -0.394 e. The van der Waals surface area contributed by atoms with Gasteiger partial charge in [0.05, 0.1) is 25.4 Å². The lowest BCUT2D eigenvalue weighted by molar-refractivity contribution is -0.0353. The predicted molar refractivity (Wildman–Crippen MR) is 82.0 cm³/mol. The van der Waals surface area contributed by atoms with Crippen LogP contribution in [0.15, 0.2) is 0 Å². The van der Waals surface area contributed by atoms with Gasteiger partial charge in [-0.3, -0.25) is 0 Å². The van der Waals surface area contributed by atoms with Crippen LogP contribution in [0, 0.1) is 0 Å². The van der Waals surface area contributed by atoms with Gasteiger partial charge in [0, 0.05) is 18.2 Å². The van der Waals surface area contributed by atoms with Crippen molar-refractivity contribution in [3.8, 4) is 0 Å². The smallest absolute Gasteiger partial charge is 0.0707 e. The molecule has 0 amide bonds. The van der Waals surface area contributed by atoms with Gasteiger partial charge in [-0.05, 0) is 59.8 Å². The molecule has 1 saturated carbocycles. The number of ether oxygens (including phenoxy) is 2. The second-order valence-electron chi connectivity index (χ2n) is 7.17. The van der Waals surface area contributed by atoms with Crippen LogP contribution < -0.4 is 5.32 Å². The van der Waals surface area contributed by atoms with Crippen LogP contribution >= 0.6 is 0 Å². The standard InChI is InChI=1S/C16H33NO3/c1-15(2,3)20-12-11-19-10-6-5-9-16(4,13-18)17-14-7-8-14/h14,17-18H,5-13H2,1-4H3. The Morgan fingerprint density at radius 1 is 1.05 bits per heavy atom. The summed E-state index contributed by atoms with van der Waals surface area (Å²) in [4.78, 5) is 0. The third kappa shape index (κ3) is 8.90. The van der Waals surface area contributed by atoms with E-state index in [-0.39, 0.29) is 17.7 Å². The first-order valence-electron chi connectivity index (χ1n) is 7.95. The van der Waals surface area contributed by atoms with Crippen LogP contribution in [0.5, 0.6) is 0 Å². The Hall–Kier alpha value is -0.160. The fraction of sp³-hybridized carbons (Fsp3) is 1.00. The molecule has 1 atom stereocenters. The van der Waals surface area contributed by atoms with Gasteiger partial charge in [0.15, 0.2) is 0 Å². The Morgan fingerprint density at radius 3 is 2.30 bits per heavy atom. The third-order valence-electron chi connectivity index (χ3n) is 3.51. The number of unbranched alkanes of at least 4 members (excludes halogenated alkanes) is 1. The van der Waals surface area contributed by atoms with Crippen molar-refractivity contribution in [1.29, 1.82) is 0 Å². The first-order chi connectivity index (χ1) is 9.35. The van der Waals surface area contributed by atoms with Crippen LogP contribution in [0.25, 0.3) is 0 Å². The Morgan fingerprint density at radius 2 is 1.75 bits per heavy atom. The topological polar surface area (TPSA) is 50.7 Å². The number of hydrogen-bond donors (Lipinski definition) is 2. The lowest BCUT2D eigenvalue weighted by Gasteiger charge is -2.29. The van der Waals surface area contributed by atoms with Crippen LogP contribution in [0.1, 0.15) is 59.8 Å². The molecule has 4 heteroatoms. The summed E-state index contributed by atoms with van der Waals surface area (Å²) in [5.41, 5.74) is -0.197. The number of rotatable bonds is 11. The minimum atomic E-state index is -0.115. The van der Waals surface area contributed by atoms with Gasteiger partial charge in [0.1, 0.15) is 0 Å². The Bertz CT molecular complexity index is 261. The summed E-state index contributed by atoms with van der Waals surface area (Å²) >= 11 is 0. The summed E-state index contributed by atoms with van der Waals surface area (Å²) < 4.78 is 11.2. The summed E-state index contributed by atoms with van der Waals surface area (Å²) in [5.74, 6) is 0. The highest BCUT2D eigenvalue weighted by Gasteiger charge is 2.31. The van der Waals surface area contributed by atoms with Crippen LogP contribution in [0.4, 0.5) is 0 Å². The van der Waals surface area contributed by atoms with Crippen LogP contribution in [-0.4, -0.2) is 48.7 Å². The normalized spacial score (nSPS) is 19.1. The van der Waals surface area contributed by atoms with Gasteiger partial charge < -0.3 is 19.9 Å². The van der Waals surface area contributed by atoms with E-state index >= 15 is 0 Å². The van der Waals surface area contributed by atoms with E-state index in [4.69, 9.17) is 9.47 Å². The maximum absolute atomic E-state index is 9.50. The molecule has 20 heavy (non-hydrogen) atoms. The number of aliphatic hydroxyl groups is 1. The van der Waals surface area contributed by atoms with E-state index in [1.54, 1.807) is 0 Å². The molecule has 0 aromatic heterocycles. The molecular weight excluding hydrogens is 254 g/mol. The molecule has 1 unspecified atom stereocenters. The van der Waals surface area contributed by atoms with Gasteiger partial charge in [0.2, 0.25) is 0 Å². The second-order valence-corrected chi connectivity index (χ2v) is 7.17. The van der Waals surface area contributed by atoms with Crippen LogP contribution in [-0.2, 0) is 9.47 Å². The summed E-state index contributed by atoms with van der Waals surface area (Å²) in [6.07, 6.45) is 5.63. The Balaban J connectivity index is 1.95. The molecule has 1 aliphatic rings. The quantitative estimate of drug-likeness (QED) is 0.573. The SMILES string of the molecule is CC(CO)(CCCCOCCOC(C)(C)C)NC1CC1. The first kappa shape index (κ1) is 17.9. The molecule has 0 saturated heterocycles. The highest BCUT2D eigenvalue weighted by molar-refractivity contribution is 4.92. The third-order valence-corrected chi connectivity index (χ3v) is 3.51. The molecule has 0 aromatic rings. The number of nitrogens with one attached hydrogen (secondary N) is 1. The molecule has 120 valence electrons. The van der Waals surface area contributed by atoms with E-state index < -0.39 is 0 Å². The lowest BCUT2D eigenvalue weighted by atomic mass is 9.95. The van der Waals surface area contributed by atoms with E-state index in [0.717, 1.165) is 25.9 Å². The fourth-order valence-corrected chi connectivity index (χ4v) is 2.15. The van der Waals surface area contributed by atoms with Crippen molar-refractivity contribution in [2.75, 3.05) is 26.4 Å². The van der Waals surface area contributed by atoms with Crippen molar-refractivity contribution in [2.24, 2.45) is 0 Å². The monoisotopic (exact) mass is 287 g/mol. The molecule has 0 aliphatic heterocycles. The van der Waals surface area contributed by atoms with Gasteiger partial charge in [-0.15, -0.1) is 0 Å². The van der Waals surface area contributed by atoms with E-state index in [1.807, 2.05) is 0 Å². The zero-order valence-electron chi connectivity index (χ0n) is 13.7. The second kappa shape index (κ2) is 8.32. The fourth-order valence-electron chi connectivity index (χ4n) is 2.15. The first-order valence-corrected chi connectivity index (χ1v) is 7.95. The Kier molecular flexibility index (Phi) is 7.45. The van der Waals surface area contributed by atoms with Crippen molar-refractivity contribution in [1.82, 2.24) is 5.32 Å².